The minimum Gasteiger partial charge on any atom is -0.377 e. The Hall–Kier alpha value is -7.28. The number of halogens is 7. The second-order valence-electron chi connectivity index (χ2n) is 23.5. The molecule has 3 fully saturated rings. The van der Waals surface area contributed by atoms with Gasteiger partial charge in [-0.2, -0.15) is 20.4 Å². The van der Waals surface area contributed by atoms with Gasteiger partial charge in [-0.15, -0.1) is 40.8 Å². The first-order chi connectivity index (χ1) is 46.9. The topological polar surface area (TPSA) is 221 Å². The fraction of sp³-hybridized carbons (Fsp3) is 0.309. The molecule has 1 amide bonds. The van der Waals surface area contributed by atoms with E-state index in [4.69, 9.17) is 56.2 Å². The molecule has 492 valence electrons. The van der Waals surface area contributed by atoms with E-state index >= 15 is 0 Å². The molecule has 96 heavy (non-hydrogen) atoms. The first-order valence-electron chi connectivity index (χ1n) is 31.7. The minimum atomic E-state index is -0.948. The Bertz CT molecular complexity index is 4750. The molecule has 1 N–H and O–H groups in total. The number of rotatable bonds is 13. The van der Waals surface area contributed by atoms with E-state index in [0.29, 0.717) is 89.4 Å². The number of aromatic amines is 1. The van der Waals surface area contributed by atoms with E-state index in [1.165, 1.54) is 67.0 Å². The third kappa shape index (κ3) is 14.9. The van der Waals surface area contributed by atoms with Gasteiger partial charge < -0.3 is 19.4 Å². The summed E-state index contributed by atoms with van der Waals surface area (Å²) in [7, 11) is 0. The predicted molar refractivity (Wildman–Crippen MR) is 390 cm³/mol. The normalized spacial score (nSPS) is 15.8. The number of carbonyl (C=O) groups is 1. The van der Waals surface area contributed by atoms with Gasteiger partial charge >= 0.3 is 0 Å². The highest BCUT2D eigenvalue weighted by atomic mass is 127. The number of fused-ring (bicyclic) bond motifs is 4. The van der Waals surface area contributed by atoms with Gasteiger partial charge in [0, 0.05) is 47.6 Å². The summed E-state index contributed by atoms with van der Waals surface area (Å²) in [4.78, 5) is 18.9. The van der Waals surface area contributed by atoms with Crippen LogP contribution in [-0.4, -0.2) is 173 Å². The quantitative estimate of drug-likeness (QED) is 0.106. The molecule has 4 aliphatic rings. The molecule has 8 aromatic heterocycles. The van der Waals surface area contributed by atoms with Gasteiger partial charge in [-0.25, -0.2) is 18.4 Å². The number of aromatic nitrogens is 16. The zero-order valence-corrected chi connectivity index (χ0v) is 59.5. The van der Waals surface area contributed by atoms with Gasteiger partial charge in [-0.1, -0.05) is 174 Å². The van der Waals surface area contributed by atoms with E-state index in [-0.39, 0.29) is 19.0 Å². The lowest BCUT2D eigenvalue weighted by Gasteiger charge is -2.15. The Labute approximate surface area is 599 Å². The molecule has 16 rings (SSSR count). The molecule has 21 nitrogen and oxygen atoms in total. The Balaban J connectivity index is 0.000000117. The Morgan fingerprint density at radius 2 is 0.958 bits per heavy atom. The summed E-state index contributed by atoms with van der Waals surface area (Å²) >= 11 is 30.8. The average Bonchev–Trinajstić information content (AvgIpc) is 1.60. The number of likely N-dealkylation sites (tertiary alicyclic amines) is 3. The Morgan fingerprint density at radius 1 is 0.531 bits per heavy atom. The van der Waals surface area contributed by atoms with Crippen LogP contribution in [0.3, 0.4) is 0 Å². The molecule has 4 aromatic carbocycles. The lowest BCUT2D eigenvalue weighted by Crippen LogP contribution is -2.32. The maximum atomic E-state index is 13.3. The summed E-state index contributed by atoms with van der Waals surface area (Å²) in [6.07, 6.45) is 7.53. The number of ether oxygens (including phenoxy) is 1. The average molecular weight is 1590 g/mol. The monoisotopic (exact) mass is 1590 g/mol. The standard InChI is InChI=1S/C22H24ClN5O.C17H14ClFIN5O.C17H17ClIN5.C12H9ClN4/c23-19-18-20(17-8-14-29-15-9-17)26-28(13-12-27-10-4-5-11-27)22(18)25-24-21(19)16-6-2-1-3-7-16;18-14-13-16(20)23-25(9-12(26)24-7-6-11(19)8-24)17(13)22-21-15(14)10-4-2-1-3-5-10;18-14-13-16(19)22-24(11-10-23-8-4-5-9-23)17(13)21-20-15(14)12-6-2-1-3-7-12;1-7-9-10(13)11(8-5-3-2-4-6-8)15-17-12(9)16-14-7/h1-3,6-8H,4-5,9-15H2;1-5,11H,6-9H2;1-3,6-7H,4-5,8-11H2;2-6H,1H3,(H,14,16,17)/t;11-;;/m.1../s1. The summed E-state index contributed by atoms with van der Waals surface area (Å²) in [5.41, 5.74) is 11.9. The second kappa shape index (κ2) is 31.1. The van der Waals surface area contributed by atoms with Gasteiger partial charge in [0.2, 0.25) is 11.6 Å². The molecule has 4 aliphatic heterocycles. The number of nitrogens with one attached hydrogen (secondary N) is 1. The van der Waals surface area contributed by atoms with E-state index in [1.54, 1.807) is 0 Å². The number of hydrogen-bond acceptors (Lipinski definition) is 16. The smallest absolute Gasteiger partial charge is 0.244 e. The van der Waals surface area contributed by atoms with Crippen LogP contribution < -0.4 is 0 Å². The third-order valence-electron chi connectivity index (χ3n) is 17.2. The van der Waals surface area contributed by atoms with E-state index < -0.39 is 6.17 Å². The van der Waals surface area contributed by atoms with Gasteiger partial charge in [0.1, 0.15) is 42.9 Å². The Kier molecular flexibility index (Phi) is 21.8. The molecule has 0 radical (unpaired) electrons. The Morgan fingerprint density at radius 3 is 1.42 bits per heavy atom. The number of hydrogen-bond donors (Lipinski definition) is 1. The van der Waals surface area contributed by atoms with Crippen LogP contribution >= 0.6 is 91.6 Å². The number of aryl methyl sites for hydroxylation is 1. The van der Waals surface area contributed by atoms with Crippen LogP contribution in [-0.2, 0) is 29.2 Å². The molecule has 28 heteroatoms. The second-order valence-corrected chi connectivity index (χ2v) is 27.0. The van der Waals surface area contributed by atoms with Crippen LogP contribution in [0.5, 0.6) is 0 Å². The summed E-state index contributed by atoms with van der Waals surface area (Å²) in [6.45, 7) is 12.0. The van der Waals surface area contributed by atoms with Crippen LogP contribution in [0.15, 0.2) is 127 Å². The van der Waals surface area contributed by atoms with Crippen molar-refractivity contribution < 1.29 is 13.9 Å². The number of amides is 1. The van der Waals surface area contributed by atoms with Crippen LogP contribution in [0, 0.1) is 14.3 Å². The third-order valence-corrected chi connectivity index (χ3v) is 20.2. The molecule has 0 spiro atoms. The number of benzene rings is 4. The summed E-state index contributed by atoms with van der Waals surface area (Å²) < 4.78 is 25.8. The van der Waals surface area contributed by atoms with Crippen molar-refractivity contribution in [3.05, 3.63) is 166 Å². The highest BCUT2D eigenvalue weighted by Crippen LogP contribution is 2.39. The lowest BCUT2D eigenvalue weighted by atomic mass is 10.0. The van der Waals surface area contributed by atoms with Crippen LogP contribution in [0.1, 0.15) is 49.9 Å². The molecule has 0 bridgehead atoms. The first-order valence-corrected chi connectivity index (χ1v) is 35.3. The van der Waals surface area contributed by atoms with Crippen molar-refractivity contribution in [2.45, 2.75) is 71.3 Å². The molecule has 0 saturated carbocycles. The highest BCUT2D eigenvalue weighted by molar-refractivity contribution is 14.1. The molecule has 0 aliphatic carbocycles. The number of alkyl halides is 1. The van der Waals surface area contributed by atoms with Crippen molar-refractivity contribution in [2.75, 3.05) is 65.6 Å². The molecule has 0 unspecified atom stereocenters. The minimum absolute atomic E-state index is 0.0120. The SMILES string of the molecule is Cc1[nH]nc2nnc(-c3ccccc3)c(Cl)c12.Clc1c(-c2ccccc2)nnc2c1c(C1=CCOCC1)nn2CCN1CCCC1.Clc1c(-c2ccccc2)nnc2c1c(I)nn2CCN1CCCC1.O=C(Cn1nc(I)c2c(Cl)c(-c3ccccc3)nnc21)N1CC[C@@H](F)C1. The number of H-pyrrole nitrogens is 1. The molecule has 3 saturated heterocycles. The predicted octanol–water partition coefficient (Wildman–Crippen LogP) is 14.2. The summed E-state index contributed by atoms with van der Waals surface area (Å²) in [5, 5.41) is 61.0. The van der Waals surface area contributed by atoms with E-state index in [0.717, 1.165) is 97.4 Å². The van der Waals surface area contributed by atoms with Crippen molar-refractivity contribution in [3.63, 3.8) is 0 Å². The van der Waals surface area contributed by atoms with Gasteiger partial charge in [-0.3, -0.25) is 9.89 Å². The van der Waals surface area contributed by atoms with Gasteiger partial charge in [0.25, 0.3) is 0 Å². The molecule has 1 atom stereocenters. The lowest BCUT2D eigenvalue weighted by molar-refractivity contribution is -0.131. The van der Waals surface area contributed by atoms with Gasteiger partial charge in [0.15, 0.2) is 16.9 Å². The zero-order valence-electron chi connectivity index (χ0n) is 52.1. The van der Waals surface area contributed by atoms with E-state index in [2.05, 4.69) is 122 Å². The van der Waals surface area contributed by atoms with E-state index in [1.807, 2.05) is 138 Å². The van der Waals surface area contributed by atoms with Crippen molar-refractivity contribution >= 4 is 147 Å². The first kappa shape index (κ1) is 67.3. The largest absolute Gasteiger partial charge is 0.377 e. The fourth-order valence-electron chi connectivity index (χ4n) is 12.1. The number of carbonyl (C=O) groups excluding carboxylic acids is 1. The van der Waals surface area contributed by atoms with Gasteiger partial charge in [-0.05, 0) is 122 Å². The van der Waals surface area contributed by atoms with Crippen molar-refractivity contribution in [1.82, 2.24) is 95.0 Å². The fourth-order valence-corrected chi connectivity index (χ4v) is 15.3. The van der Waals surface area contributed by atoms with Gasteiger partial charge in [0.05, 0.1) is 80.2 Å². The van der Waals surface area contributed by atoms with Crippen molar-refractivity contribution in [3.8, 4) is 45.0 Å². The molecule has 12 heterocycles. The maximum absolute atomic E-state index is 13.3. The molecular formula is C68H64Cl4FI2N19O2. The van der Waals surface area contributed by atoms with Crippen molar-refractivity contribution in [2.24, 2.45) is 0 Å². The maximum Gasteiger partial charge on any atom is 0.244 e. The van der Waals surface area contributed by atoms with Crippen LogP contribution in [0.4, 0.5) is 4.39 Å². The summed E-state index contributed by atoms with van der Waals surface area (Å²) in [6, 6.07) is 39.2. The molecule has 12 aromatic rings. The molecular weight excluding hydrogens is 1530 g/mol. The zero-order chi connectivity index (χ0) is 66.2. The summed E-state index contributed by atoms with van der Waals surface area (Å²) in [5.74, 6) is -0.184. The van der Waals surface area contributed by atoms with Crippen molar-refractivity contribution in [1.29, 1.82) is 0 Å². The van der Waals surface area contributed by atoms with E-state index in [9.17, 15) is 9.18 Å². The van der Waals surface area contributed by atoms with Crippen LogP contribution in [0.25, 0.3) is 94.7 Å². The highest BCUT2D eigenvalue weighted by Gasteiger charge is 2.29. The number of nitrogens with zero attached hydrogens (tertiary/aromatic N) is 18. The van der Waals surface area contributed by atoms with Crippen LogP contribution in [0.2, 0.25) is 20.1 Å².